The maximum absolute atomic E-state index is 13.5. The molecular weight excluding hydrogens is 281 g/mol. The molecule has 1 aliphatic heterocycles. The average Bonchev–Trinajstić information content (AvgIpc) is 3.03. The molecule has 1 unspecified atom stereocenters. The van der Waals surface area contributed by atoms with Crippen molar-refractivity contribution in [2.24, 2.45) is 0 Å². The minimum absolute atomic E-state index is 0.0655. The van der Waals surface area contributed by atoms with Crippen molar-refractivity contribution < 1.29 is 13.9 Å². The van der Waals surface area contributed by atoms with Crippen LogP contribution in [0.1, 0.15) is 34.8 Å². The number of ether oxygens (including phenoxy) is 1. The van der Waals surface area contributed by atoms with Crippen LogP contribution in [0.3, 0.4) is 0 Å². The SMILES string of the molecule is COc1ccccc1C(=O)N1CCCC1c1cccc(F)c1. The number of halogens is 1. The summed E-state index contributed by atoms with van der Waals surface area (Å²) in [6, 6.07) is 13.6. The van der Waals surface area contributed by atoms with E-state index < -0.39 is 0 Å². The number of hydrogen-bond acceptors (Lipinski definition) is 2. The second-order valence-electron chi connectivity index (χ2n) is 5.41. The molecule has 0 aromatic heterocycles. The molecule has 0 spiro atoms. The van der Waals surface area contributed by atoms with E-state index in [9.17, 15) is 9.18 Å². The van der Waals surface area contributed by atoms with Gasteiger partial charge in [0, 0.05) is 6.54 Å². The van der Waals surface area contributed by atoms with E-state index in [1.54, 1.807) is 25.3 Å². The molecule has 0 aliphatic carbocycles. The van der Waals surface area contributed by atoms with Gasteiger partial charge in [-0.2, -0.15) is 0 Å². The monoisotopic (exact) mass is 299 g/mol. The molecule has 3 rings (SSSR count). The predicted octanol–water partition coefficient (Wildman–Crippen LogP) is 3.81. The number of para-hydroxylation sites is 1. The van der Waals surface area contributed by atoms with Crippen molar-refractivity contribution in [1.82, 2.24) is 4.90 Å². The van der Waals surface area contributed by atoms with Crippen LogP contribution in [-0.2, 0) is 0 Å². The number of carbonyl (C=O) groups excluding carboxylic acids is 1. The van der Waals surface area contributed by atoms with Crippen molar-refractivity contribution in [2.45, 2.75) is 18.9 Å². The molecule has 0 bridgehead atoms. The maximum Gasteiger partial charge on any atom is 0.258 e. The van der Waals surface area contributed by atoms with Crippen molar-refractivity contribution in [1.29, 1.82) is 0 Å². The minimum atomic E-state index is -0.269. The fraction of sp³-hybridized carbons (Fsp3) is 0.278. The quantitative estimate of drug-likeness (QED) is 0.862. The molecule has 1 fully saturated rings. The summed E-state index contributed by atoms with van der Waals surface area (Å²) in [6.07, 6.45) is 1.77. The summed E-state index contributed by atoms with van der Waals surface area (Å²) in [5, 5.41) is 0. The van der Waals surface area contributed by atoms with E-state index in [-0.39, 0.29) is 17.8 Å². The molecule has 3 nitrogen and oxygen atoms in total. The second-order valence-corrected chi connectivity index (χ2v) is 5.41. The van der Waals surface area contributed by atoms with E-state index in [0.717, 1.165) is 18.4 Å². The summed E-state index contributed by atoms with van der Waals surface area (Å²) in [5.74, 6) is 0.232. The molecule has 114 valence electrons. The van der Waals surface area contributed by atoms with Crippen LogP contribution in [0.25, 0.3) is 0 Å². The Balaban J connectivity index is 1.91. The summed E-state index contributed by atoms with van der Waals surface area (Å²) in [5.41, 5.74) is 1.40. The molecular formula is C18H18FNO2. The Hall–Kier alpha value is -2.36. The van der Waals surface area contributed by atoms with Crippen LogP contribution in [-0.4, -0.2) is 24.5 Å². The number of benzene rings is 2. The molecule has 1 heterocycles. The van der Waals surface area contributed by atoms with E-state index in [1.165, 1.54) is 12.1 Å². The minimum Gasteiger partial charge on any atom is -0.496 e. The fourth-order valence-corrected chi connectivity index (χ4v) is 3.05. The molecule has 1 saturated heterocycles. The third-order valence-corrected chi connectivity index (χ3v) is 4.08. The number of likely N-dealkylation sites (tertiary alicyclic amines) is 1. The highest BCUT2D eigenvalue weighted by molar-refractivity contribution is 5.97. The molecule has 2 aromatic rings. The average molecular weight is 299 g/mol. The number of methoxy groups -OCH3 is 1. The van der Waals surface area contributed by atoms with Gasteiger partial charge in [-0.3, -0.25) is 4.79 Å². The summed E-state index contributed by atoms with van der Waals surface area (Å²) in [6.45, 7) is 0.679. The molecule has 1 atom stereocenters. The van der Waals surface area contributed by atoms with E-state index >= 15 is 0 Å². The first-order valence-electron chi connectivity index (χ1n) is 7.40. The molecule has 1 aliphatic rings. The van der Waals surface area contributed by atoms with Crippen LogP contribution < -0.4 is 4.74 Å². The summed E-state index contributed by atoms with van der Waals surface area (Å²) in [7, 11) is 1.56. The van der Waals surface area contributed by atoms with Crippen molar-refractivity contribution in [3.8, 4) is 5.75 Å². The lowest BCUT2D eigenvalue weighted by Gasteiger charge is -2.26. The van der Waals surface area contributed by atoms with Crippen molar-refractivity contribution in [2.75, 3.05) is 13.7 Å². The van der Waals surface area contributed by atoms with Gasteiger partial charge in [-0.25, -0.2) is 4.39 Å². The van der Waals surface area contributed by atoms with Crippen LogP contribution in [0, 0.1) is 5.82 Å². The fourth-order valence-electron chi connectivity index (χ4n) is 3.05. The number of rotatable bonds is 3. The zero-order valence-electron chi connectivity index (χ0n) is 12.5. The van der Waals surface area contributed by atoms with Gasteiger partial charge in [-0.05, 0) is 42.7 Å². The number of carbonyl (C=O) groups is 1. The molecule has 1 amide bonds. The van der Waals surface area contributed by atoms with Gasteiger partial charge < -0.3 is 9.64 Å². The topological polar surface area (TPSA) is 29.5 Å². The highest BCUT2D eigenvalue weighted by Gasteiger charge is 2.31. The third-order valence-electron chi connectivity index (χ3n) is 4.08. The zero-order chi connectivity index (χ0) is 15.5. The lowest BCUT2D eigenvalue weighted by Crippen LogP contribution is -2.30. The van der Waals surface area contributed by atoms with Gasteiger partial charge in [0.1, 0.15) is 11.6 Å². The van der Waals surface area contributed by atoms with E-state index in [4.69, 9.17) is 4.74 Å². The lowest BCUT2D eigenvalue weighted by atomic mass is 10.0. The van der Waals surface area contributed by atoms with Crippen LogP contribution in [0.2, 0.25) is 0 Å². The first-order valence-corrected chi connectivity index (χ1v) is 7.40. The van der Waals surface area contributed by atoms with Gasteiger partial charge >= 0.3 is 0 Å². The van der Waals surface area contributed by atoms with Crippen LogP contribution >= 0.6 is 0 Å². The van der Waals surface area contributed by atoms with Crippen LogP contribution in [0.5, 0.6) is 5.75 Å². The van der Waals surface area contributed by atoms with Crippen molar-refractivity contribution in [3.05, 3.63) is 65.5 Å². The van der Waals surface area contributed by atoms with Crippen LogP contribution in [0.4, 0.5) is 4.39 Å². The standard InChI is InChI=1S/C18H18FNO2/c1-22-17-10-3-2-8-15(17)18(21)20-11-5-9-16(20)13-6-4-7-14(19)12-13/h2-4,6-8,10,12,16H,5,9,11H2,1H3. The normalized spacial score (nSPS) is 17.5. The maximum atomic E-state index is 13.5. The molecule has 2 aromatic carbocycles. The molecule has 22 heavy (non-hydrogen) atoms. The summed E-state index contributed by atoms with van der Waals surface area (Å²) < 4.78 is 18.7. The highest BCUT2D eigenvalue weighted by atomic mass is 19.1. The van der Waals surface area contributed by atoms with Gasteiger partial charge in [0.25, 0.3) is 5.91 Å². The van der Waals surface area contributed by atoms with Crippen molar-refractivity contribution in [3.63, 3.8) is 0 Å². The van der Waals surface area contributed by atoms with E-state index in [2.05, 4.69) is 0 Å². The van der Waals surface area contributed by atoms with Crippen LogP contribution in [0.15, 0.2) is 48.5 Å². The Labute approximate surface area is 129 Å². The molecule has 0 saturated carbocycles. The van der Waals surface area contributed by atoms with E-state index in [0.29, 0.717) is 17.9 Å². The molecule has 0 radical (unpaired) electrons. The molecule has 0 N–H and O–H groups in total. The Morgan fingerprint density at radius 2 is 2.05 bits per heavy atom. The van der Waals surface area contributed by atoms with Gasteiger partial charge in [-0.1, -0.05) is 24.3 Å². The smallest absolute Gasteiger partial charge is 0.258 e. The van der Waals surface area contributed by atoms with Gasteiger partial charge in [0.2, 0.25) is 0 Å². The Morgan fingerprint density at radius 3 is 2.82 bits per heavy atom. The Morgan fingerprint density at radius 1 is 1.23 bits per heavy atom. The first kappa shape index (κ1) is 14.6. The molecule has 4 heteroatoms. The number of amides is 1. The van der Waals surface area contributed by atoms with Gasteiger partial charge in [0.05, 0.1) is 18.7 Å². The lowest BCUT2D eigenvalue weighted by molar-refractivity contribution is 0.0732. The third kappa shape index (κ3) is 2.69. The summed E-state index contributed by atoms with van der Waals surface area (Å²) in [4.78, 5) is 14.7. The summed E-state index contributed by atoms with van der Waals surface area (Å²) >= 11 is 0. The Bertz CT molecular complexity index is 686. The van der Waals surface area contributed by atoms with E-state index in [1.807, 2.05) is 23.1 Å². The first-order chi connectivity index (χ1) is 10.7. The largest absolute Gasteiger partial charge is 0.496 e. The van der Waals surface area contributed by atoms with Gasteiger partial charge in [-0.15, -0.1) is 0 Å². The van der Waals surface area contributed by atoms with Crippen molar-refractivity contribution >= 4 is 5.91 Å². The number of hydrogen-bond donors (Lipinski definition) is 0. The predicted molar refractivity (Wildman–Crippen MR) is 82.4 cm³/mol. The van der Waals surface area contributed by atoms with Gasteiger partial charge in [0.15, 0.2) is 0 Å². The number of nitrogens with zero attached hydrogens (tertiary/aromatic N) is 1. The highest BCUT2D eigenvalue weighted by Crippen LogP contribution is 2.34. The second kappa shape index (κ2) is 6.18. The zero-order valence-corrected chi connectivity index (χ0v) is 12.5. The Kier molecular flexibility index (Phi) is 4.09.